The summed E-state index contributed by atoms with van der Waals surface area (Å²) in [5, 5.41) is 0. The normalized spacial score (nSPS) is 12.3. The molecular formula is C17H14F6O3. The van der Waals surface area contributed by atoms with Crippen molar-refractivity contribution in [3.8, 4) is 11.5 Å². The molecule has 2 aromatic carbocycles. The lowest BCUT2D eigenvalue weighted by Gasteiger charge is -2.17. The number of para-hydroxylation sites is 1. The molecular weight excluding hydrogens is 366 g/mol. The molecule has 0 aromatic heterocycles. The molecule has 2 aromatic rings. The molecule has 0 spiro atoms. The zero-order valence-corrected chi connectivity index (χ0v) is 13.4. The van der Waals surface area contributed by atoms with Gasteiger partial charge in [-0.25, -0.2) is 0 Å². The van der Waals surface area contributed by atoms with Crippen LogP contribution in [0.5, 0.6) is 11.5 Å². The molecule has 0 aliphatic rings. The number of hydrogen-bond acceptors (Lipinski definition) is 3. The number of rotatable bonds is 6. The lowest BCUT2D eigenvalue weighted by atomic mass is 10.0. The standard InChI is InChI=1S/C17H14F6O3/c1-11-12(9-24-16(18,19)20)7-15(26-14-5-3-2-4-6-14)8-13(11)10-25-17(21,22)23/h2-8H,9-10H2,1H3. The van der Waals surface area contributed by atoms with Crippen molar-refractivity contribution < 1.29 is 40.6 Å². The second kappa shape index (κ2) is 7.96. The molecule has 26 heavy (non-hydrogen) atoms. The summed E-state index contributed by atoms with van der Waals surface area (Å²) >= 11 is 0. The molecule has 0 fully saturated rings. The number of hydrogen-bond donors (Lipinski definition) is 0. The van der Waals surface area contributed by atoms with Gasteiger partial charge in [0.05, 0.1) is 13.2 Å². The van der Waals surface area contributed by atoms with Crippen molar-refractivity contribution in [3.63, 3.8) is 0 Å². The van der Waals surface area contributed by atoms with Crippen LogP contribution in [0.2, 0.25) is 0 Å². The van der Waals surface area contributed by atoms with E-state index < -0.39 is 25.9 Å². The van der Waals surface area contributed by atoms with Gasteiger partial charge in [0.15, 0.2) is 0 Å². The lowest BCUT2D eigenvalue weighted by Crippen LogP contribution is -2.15. The summed E-state index contributed by atoms with van der Waals surface area (Å²) in [7, 11) is 0. The van der Waals surface area contributed by atoms with Crippen LogP contribution >= 0.6 is 0 Å². The van der Waals surface area contributed by atoms with Gasteiger partial charge in [0.1, 0.15) is 11.5 Å². The highest BCUT2D eigenvalue weighted by Gasteiger charge is 2.31. The van der Waals surface area contributed by atoms with E-state index in [1.54, 1.807) is 30.3 Å². The minimum absolute atomic E-state index is 0.0385. The van der Waals surface area contributed by atoms with Gasteiger partial charge in [-0.2, -0.15) is 0 Å². The third kappa shape index (κ3) is 6.57. The smallest absolute Gasteiger partial charge is 0.457 e. The molecule has 0 aliphatic heterocycles. The average Bonchev–Trinajstić information content (AvgIpc) is 2.53. The molecule has 0 saturated heterocycles. The van der Waals surface area contributed by atoms with Crippen molar-refractivity contribution in [2.45, 2.75) is 32.9 Å². The first-order chi connectivity index (χ1) is 12.0. The SMILES string of the molecule is Cc1c(COC(F)(F)F)cc(Oc2ccccc2)cc1COC(F)(F)F. The summed E-state index contributed by atoms with van der Waals surface area (Å²) in [5.74, 6) is 0.449. The van der Waals surface area contributed by atoms with Gasteiger partial charge in [-0.15, -0.1) is 26.3 Å². The van der Waals surface area contributed by atoms with Gasteiger partial charge in [0, 0.05) is 0 Å². The Labute approximate surface area is 145 Å². The molecule has 0 heterocycles. The molecule has 0 N–H and O–H groups in total. The van der Waals surface area contributed by atoms with Crippen LogP contribution in [-0.2, 0) is 22.7 Å². The van der Waals surface area contributed by atoms with Gasteiger partial charge in [-0.05, 0) is 47.9 Å². The predicted molar refractivity (Wildman–Crippen MR) is 79.4 cm³/mol. The Hall–Kier alpha value is -2.26. The van der Waals surface area contributed by atoms with Crippen LogP contribution < -0.4 is 4.74 Å². The Morgan fingerprint density at radius 2 is 1.19 bits per heavy atom. The van der Waals surface area contributed by atoms with Crippen LogP contribution in [0.1, 0.15) is 16.7 Å². The van der Waals surface area contributed by atoms with E-state index in [1.165, 1.54) is 19.1 Å². The third-order valence-electron chi connectivity index (χ3n) is 3.36. The molecule has 0 unspecified atom stereocenters. The Morgan fingerprint density at radius 3 is 1.62 bits per heavy atom. The van der Waals surface area contributed by atoms with Crippen LogP contribution in [0.25, 0.3) is 0 Å². The second-order valence-electron chi connectivity index (χ2n) is 5.25. The number of ether oxygens (including phenoxy) is 3. The number of halogens is 6. The van der Waals surface area contributed by atoms with E-state index in [0.717, 1.165) is 0 Å². The quantitative estimate of drug-likeness (QED) is 0.588. The molecule has 0 bridgehead atoms. The first kappa shape index (κ1) is 20.1. The van der Waals surface area contributed by atoms with Gasteiger partial charge in [-0.1, -0.05) is 18.2 Å². The van der Waals surface area contributed by atoms with Crippen LogP contribution in [0, 0.1) is 6.92 Å². The summed E-state index contributed by atoms with van der Waals surface area (Å²) < 4.78 is 86.9. The van der Waals surface area contributed by atoms with Crippen molar-refractivity contribution >= 4 is 0 Å². The van der Waals surface area contributed by atoms with E-state index in [2.05, 4.69) is 9.47 Å². The van der Waals surface area contributed by atoms with Gasteiger partial charge in [0.2, 0.25) is 0 Å². The fourth-order valence-corrected chi connectivity index (χ4v) is 2.11. The summed E-state index contributed by atoms with van der Waals surface area (Å²) in [6.07, 6.45) is -9.74. The minimum atomic E-state index is -4.87. The van der Waals surface area contributed by atoms with Gasteiger partial charge >= 0.3 is 12.7 Å². The van der Waals surface area contributed by atoms with E-state index in [9.17, 15) is 26.3 Å². The van der Waals surface area contributed by atoms with Crippen molar-refractivity contribution in [1.29, 1.82) is 0 Å². The summed E-state index contributed by atoms with van der Waals surface area (Å²) in [6.45, 7) is -0.336. The van der Waals surface area contributed by atoms with Gasteiger partial charge in [0.25, 0.3) is 0 Å². The Bertz CT molecular complexity index is 687. The summed E-state index contributed by atoms with van der Waals surface area (Å²) in [6, 6.07) is 10.8. The first-order valence-electron chi connectivity index (χ1n) is 7.30. The maximum Gasteiger partial charge on any atom is 0.522 e. The highest BCUT2D eigenvalue weighted by molar-refractivity contribution is 5.43. The van der Waals surface area contributed by atoms with E-state index in [0.29, 0.717) is 5.75 Å². The molecule has 0 atom stereocenters. The molecule has 3 nitrogen and oxygen atoms in total. The van der Waals surface area contributed by atoms with E-state index in [1.807, 2.05) is 0 Å². The minimum Gasteiger partial charge on any atom is -0.457 e. The molecule has 0 saturated carbocycles. The van der Waals surface area contributed by atoms with Crippen molar-refractivity contribution in [2.75, 3.05) is 0 Å². The zero-order chi connectivity index (χ0) is 19.4. The van der Waals surface area contributed by atoms with Crippen molar-refractivity contribution in [2.24, 2.45) is 0 Å². The molecule has 0 amide bonds. The van der Waals surface area contributed by atoms with Crippen molar-refractivity contribution in [1.82, 2.24) is 0 Å². The highest BCUT2D eigenvalue weighted by Crippen LogP contribution is 2.30. The topological polar surface area (TPSA) is 27.7 Å². The van der Waals surface area contributed by atoms with Crippen LogP contribution in [-0.4, -0.2) is 12.7 Å². The fourth-order valence-electron chi connectivity index (χ4n) is 2.11. The van der Waals surface area contributed by atoms with Gasteiger partial charge in [-0.3, -0.25) is 9.47 Å². The molecule has 9 heteroatoms. The Balaban J connectivity index is 2.31. The van der Waals surface area contributed by atoms with E-state index in [4.69, 9.17) is 4.74 Å². The van der Waals surface area contributed by atoms with Crippen LogP contribution in [0.15, 0.2) is 42.5 Å². The maximum atomic E-state index is 12.3. The van der Waals surface area contributed by atoms with Gasteiger partial charge < -0.3 is 4.74 Å². The highest BCUT2D eigenvalue weighted by atomic mass is 19.4. The molecule has 2 rings (SSSR count). The predicted octanol–water partition coefficient (Wildman–Crippen LogP) is 5.86. The van der Waals surface area contributed by atoms with E-state index in [-0.39, 0.29) is 22.4 Å². The number of alkyl halides is 6. The average molecular weight is 380 g/mol. The summed E-state index contributed by atoms with van der Waals surface area (Å²) in [5.41, 5.74) is 0.270. The Morgan fingerprint density at radius 1 is 0.731 bits per heavy atom. The fraction of sp³-hybridized carbons (Fsp3) is 0.294. The van der Waals surface area contributed by atoms with E-state index >= 15 is 0 Å². The largest absolute Gasteiger partial charge is 0.522 e. The maximum absolute atomic E-state index is 12.3. The monoisotopic (exact) mass is 380 g/mol. The van der Waals surface area contributed by atoms with Crippen LogP contribution in [0.3, 0.4) is 0 Å². The second-order valence-corrected chi connectivity index (χ2v) is 5.25. The first-order valence-corrected chi connectivity index (χ1v) is 7.30. The lowest BCUT2D eigenvalue weighted by molar-refractivity contribution is -0.330. The summed E-state index contributed by atoms with van der Waals surface area (Å²) in [4.78, 5) is 0. The molecule has 0 radical (unpaired) electrons. The molecule has 142 valence electrons. The van der Waals surface area contributed by atoms with Crippen molar-refractivity contribution in [3.05, 3.63) is 59.2 Å². The third-order valence-corrected chi connectivity index (χ3v) is 3.36. The number of benzene rings is 2. The molecule has 0 aliphatic carbocycles. The zero-order valence-electron chi connectivity index (χ0n) is 13.4. The van der Waals surface area contributed by atoms with Crippen LogP contribution in [0.4, 0.5) is 26.3 Å². The Kier molecular flexibility index (Phi) is 6.14.